The van der Waals surface area contributed by atoms with Gasteiger partial charge in [-0.05, 0) is 32.9 Å². The number of rotatable bonds is 3. The largest absolute Gasteiger partial charge is 0.290 e. The fraction of sp³-hybridized carbons (Fsp3) is 0.400. The Kier molecular flexibility index (Phi) is 3.99. The maximum Gasteiger partial charge on any atom is 0.290 e. The van der Waals surface area contributed by atoms with E-state index in [1.165, 1.54) is 6.07 Å². The standard InChI is InChI=1S/C10H13ClN2O4S/c1-10(2,3)12-18(16,17)9-5-4-7(11)6-8(9)13(14)15/h4-6,12H,1-3H3. The summed E-state index contributed by atoms with van der Waals surface area (Å²) in [5.41, 5.74) is -1.27. The smallest absolute Gasteiger partial charge is 0.258 e. The summed E-state index contributed by atoms with van der Waals surface area (Å²) < 4.78 is 26.4. The molecule has 1 N–H and O–H groups in total. The summed E-state index contributed by atoms with van der Waals surface area (Å²) in [6.45, 7) is 4.94. The van der Waals surface area contributed by atoms with Gasteiger partial charge in [0.25, 0.3) is 5.69 Å². The molecule has 0 aliphatic carbocycles. The minimum atomic E-state index is -3.96. The van der Waals surface area contributed by atoms with Crippen molar-refractivity contribution in [1.82, 2.24) is 4.72 Å². The lowest BCUT2D eigenvalue weighted by atomic mass is 10.1. The zero-order valence-corrected chi connectivity index (χ0v) is 11.7. The fourth-order valence-corrected chi connectivity index (χ4v) is 3.06. The third-order valence-electron chi connectivity index (χ3n) is 1.85. The Morgan fingerprint density at radius 2 is 1.89 bits per heavy atom. The molecule has 0 amide bonds. The summed E-state index contributed by atoms with van der Waals surface area (Å²) in [6.07, 6.45) is 0. The molecule has 0 saturated heterocycles. The van der Waals surface area contributed by atoms with Gasteiger partial charge in [0.05, 0.1) is 4.92 Å². The van der Waals surface area contributed by atoms with Gasteiger partial charge in [0.15, 0.2) is 4.90 Å². The van der Waals surface area contributed by atoms with Crippen molar-refractivity contribution in [2.24, 2.45) is 0 Å². The van der Waals surface area contributed by atoms with E-state index in [1.807, 2.05) is 0 Å². The van der Waals surface area contributed by atoms with E-state index in [1.54, 1.807) is 20.8 Å². The Morgan fingerprint density at radius 1 is 1.33 bits per heavy atom. The number of halogens is 1. The lowest BCUT2D eigenvalue weighted by molar-refractivity contribution is -0.387. The van der Waals surface area contributed by atoms with Gasteiger partial charge >= 0.3 is 0 Å². The molecule has 1 rings (SSSR count). The first-order chi connectivity index (χ1) is 8.03. The molecule has 0 saturated carbocycles. The van der Waals surface area contributed by atoms with Crippen LogP contribution in [0.1, 0.15) is 20.8 Å². The summed E-state index contributed by atoms with van der Waals surface area (Å²) in [5, 5.41) is 10.9. The van der Waals surface area contributed by atoms with Crippen molar-refractivity contribution in [2.75, 3.05) is 0 Å². The SMILES string of the molecule is CC(C)(C)NS(=O)(=O)c1ccc(Cl)cc1[N+](=O)[O-]. The number of nitro benzene ring substituents is 1. The van der Waals surface area contributed by atoms with Crippen molar-refractivity contribution < 1.29 is 13.3 Å². The van der Waals surface area contributed by atoms with Gasteiger partial charge in [0.1, 0.15) is 0 Å². The molecule has 0 heterocycles. The third kappa shape index (κ3) is 3.66. The van der Waals surface area contributed by atoms with Crippen LogP contribution in [0.4, 0.5) is 5.69 Å². The van der Waals surface area contributed by atoms with Gasteiger partial charge < -0.3 is 0 Å². The van der Waals surface area contributed by atoms with E-state index in [4.69, 9.17) is 11.6 Å². The van der Waals surface area contributed by atoms with Crippen LogP contribution in [-0.4, -0.2) is 18.9 Å². The van der Waals surface area contributed by atoms with E-state index in [9.17, 15) is 18.5 Å². The number of sulfonamides is 1. The van der Waals surface area contributed by atoms with E-state index in [0.29, 0.717) is 0 Å². The van der Waals surface area contributed by atoms with Crippen molar-refractivity contribution >= 4 is 27.3 Å². The third-order valence-corrected chi connectivity index (χ3v) is 3.89. The molecule has 8 heteroatoms. The predicted molar refractivity (Wildman–Crippen MR) is 68.2 cm³/mol. The number of hydrogen-bond donors (Lipinski definition) is 1. The van der Waals surface area contributed by atoms with Gasteiger partial charge in [-0.2, -0.15) is 0 Å². The minimum absolute atomic E-state index is 0.108. The average Bonchev–Trinajstić information content (AvgIpc) is 2.12. The molecule has 0 atom stereocenters. The summed E-state index contributed by atoms with van der Waals surface area (Å²) in [5.74, 6) is 0. The van der Waals surface area contributed by atoms with E-state index in [0.717, 1.165) is 12.1 Å². The highest BCUT2D eigenvalue weighted by atomic mass is 35.5. The summed E-state index contributed by atoms with van der Waals surface area (Å²) in [7, 11) is -3.96. The zero-order chi connectivity index (χ0) is 14.1. The number of benzene rings is 1. The highest BCUT2D eigenvalue weighted by molar-refractivity contribution is 7.89. The quantitative estimate of drug-likeness (QED) is 0.684. The molecule has 0 spiro atoms. The minimum Gasteiger partial charge on any atom is -0.258 e. The van der Waals surface area contributed by atoms with Crippen LogP contribution in [0.2, 0.25) is 5.02 Å². The Hall–Kier alpha value is -1.18. The maximum absolute atomic E-state index is 12.0. The monoisotopic (exact) mass is 292 g/mol. The van der Waals surface area contributed by atoms with Gasteiger partial charge in [-0.25, -0.2) is 13.1 Å². The molecule has 100 valence electrons. The molecule has 18 heavy (non-hydrogen) atoms. The molecule has 0 aromatic heterocycles. The zero-order valence-electron chi connectivity index (χ0n) is 10.1. The molecular weight excluding hydrogens is 280 g/mol. The number of nitrogens with one attached hydrogen (secondary N) is 1. The topological polar surface area (TPSA) is 89.3 Å². The van der Waals surface area contributed by atoms with E-state index in [2.05, 4.69) is 4.72 Å². The highest BCUT2D eigenvalue weighted by Gasteiger charge is 2.29. The van der Waals surface area contributed by atoms with Gasteiger partial charge in [0, 0.05) is 16.6 Å². The molecule has 0 bridgehead atoms. The van der Waals surface area contributed by atoms with Gasteiger partial charge in [-0.3, -0.25) is 10.1 Å². The second-order valence-corrected chi connectivity index (χ2v) is 6.81. The van der Waals surface area contributed by atoms with Crippen LogP contribution in [0.15, 0.2) is 23.1 Å². The first-order valence-corrected chi connectivity index (χ1v) is 6.87. The summed E-state index contributed by atoms with van der Waals surface area (Å²) >= 11 is 5.62. The molecule has 0 unspecified atom stereocenters. The van der Waals surface area contributed by atoms with Crippen LogP contribution in [0, 0.1) is 10.1 Å². The average molecular weight is 293 g/mol. The Bertz CT molecular complexity index is 578. The number of nitro groups is 1. The lowest BCUT2D eigenvalue weighted by Crippen LogP contribution is -2.40. The lowest BCUT2D eigenvalue weighted by Gasteiger charge is -2.20. The molecule has 1 aromatic carbocycles. The van der Waals surface area contributed by atoms with E-state index >= 15 is 0 Å². The number of hydrogen-bond acceptors (Lipinski definition) is 4. The van der Waals surface area contributed by atoms with Crippen LogP contribution in [0.25, 0.3) is 0 Å². The van der Waals surface area contributed by atoms with Crippen LogP contribution in [0.5, 0.6) is 0 Å². The van der Waals surface area contributed by atoms with Crippen LogP contribution in [0.3, 0.4) is 0 Å². The second kappa shape index (κ2) is 4.83. The molecular formula is C10H13ClN2O4S. The van der Waals surface area contributed by atoms with Crippen molar-refractivity contribution in [2.45, 2.75) is 31.2 Å². The normalized spacial score (nSPS) is 12.4. The fourth-order valence-electron chi connectivity index (χ4n) is 1.32. The van der Waals surface area contributed by atoms with Gasteiger partial charge in [-0.15, -0.1) is 0 Å². The summed E-state index contributed by atoms with van der Waals surface area (Å²) in [6, 6.07) is 3.43. The molecule has 6 nitrogen and oxygen atoms in total. The van der Waals surface area contributed by atoms with Crippen LogP contribution in [-0.2, 0) is 10.0 Å². The van der Waals surface area contributed by atoms with Gasteiger partial charge in [-0.1, -0.05) is 11.6 Å². The molecule has 0 radical (unpaired) electrons. The van der Waals surface area contributed by atoms with Gasteiger partial charge in [0.2, 0.25) is 10.0 Å². The Morgan fingerprint density at radius 3 is 2.33 bits per heavy atom. The number of nitrogens with zero attached hydrogens (tertiary/aromatic N) is 1. The predicted octanol–water partition coefficient (Wildman–Crippen LogP) is 2.33. The van der Waals surface area contributed by atoms with Crippen molar-refractivity contribution in [3.8, 4) is 0 Å². The van der Waals surface area contributed by atoms with Crippen molar-refractivity contribution in [3.63, 3.8) is 0 Å². The highest BCUT2D eigenvalue weighted by Crippen LogP contribution is 2.27. The Labute approximate surface area is 110 Å². The maximum atomic E-state index is 12.0. The second-order valence-electron chi connectivity index (χ2n) is 4.72. The first kappa shape index (κ1) is 14.9. The van der Waals surface area contributed by atoms with Crippen LogP contribution >= 0.6 is 11.6 Å². The first-order valence-electron chi connectivity index (χ1n) is 5.01. The van der Waals surface area contributed by atoms with E-state index in [-0.39, 0.29) is 5.02 Å². The van der Waals surface area contributed by atoms with Crippen molar-refractivity contribution in [3.05, 3.63) is 33.3 Å². The Balaban J connectivity index is 3.37. The summed E-state index contributed by atoms with van der Waals surface area (Å²) in [4.78, 5) is 9.67. The van der Waals surface area contributed by atoms with Crippen molar-refractivity contribution in [1.29, 1.82) is 0 Å². The van der Waals surface area contributed by atoms with Crippen LogP contribution < -0.4 is 4.72 Å². The van der Waals surface area contributed by atoms with E-state index < -0.39 is 31.1 Å². The molecule has 0 aliphatic heterocycles. The molecule has 1 aromatic rings. The molecule has 0 fully saturated rings. The molecule has 0 aliphatic rings.